The number of rotatable bonds is 9. The fourth-order valence-electron chi connectivity index (χ4n) is 5.98. The van der Waals surface area contributed by atoms with E-state index in [1.165, 1.54) is 17.7 Å². The molecule has 2 saturated heterocycles. The van der Waals surface area contributed by atoms with E-state index in [0.29, 0.717) is 43.6 Å². The number of benzene rings is 3. The highest BCUT2D eigenvalue weighted by molar-refractivity contribution is 6.02. The van der Waals surface area contributed by atoms with Crippen LogP contribution in [0.4, 0.5) is 4.39 Å². The van der Waals surface area contributed by atoms with Gasteiger partial charge in [0, 0.05) is 49.0 Å². The fraction of sp³-hybridized carbons (Fsp3) is 0.364. The largest absolute Gasteiger partial charge is 0.489 e. The molecular weight excluding hydrogens is 523 g/mol. The van der Waals surface area contributed by atoms with Crippen molar-refractivity contribution in [1.29, 1.82) is 0 Å². The average molecular weight is 557 g/mol. The number of hydrogen-bond donors (Lipinski definition) is 1. The minimum Gasteiger partial charge on any atom is -0.489 e. The van der Waals surface area contributed by atoms with Crippen LogP contribution in [0.2, 0.25) is 0 Å². The molecule has 0 saturated carbocycles. The number of fused-ring (bicyclic) bond motifs is 1. The summed E-state index contributed by atoms with van der Waals surface area (Å²) in [6, 6.07) is 20.1. The molecule has 2 aliphatic heterocycles. The Balaban J connectivity index is 0.991. The van der Waals surface area contributed by atoms with Gasteiger partial charge in [-0.05, 0) is 67.1 Å². The van der Waals surface area contributed by atoms with Crippen LogP contribution in [0.1, 0.15) is 52.7 Å². The molecule has 0 bridgehead atoms. The number of Topliss-reactive ketones (excluding diaryl/α,β-unsaturated/α-hetero) is 1. The van der Waals surface area contributed by atoms with E-state index in [1.54, 1.807) is 12.1 Å². The first-order chi connectivity index (χ1) is 19.9. The summed E-state index contributed by atoms with van der Waals surface area (Å²) in [5.41, 5.74) is 3.87. The molecule has 2 atom stereocenters. The van der Waals surface area contributed by atoms with Crippen molar-refractivity contribution in [3.63, 3.8) is 0 Å². The van der Waals surface area contributed by atoms with Crippen molar-refractivity contribution < 1.29 is 28.2 Å². The number of ether oxygens (including phenoxy) is 2. The molecule has 1 N–H and O–H groups in total. The Kier molecular flexibility index (Phi) is 7.83. The average Bonchev–Trinajstić information content (AvgIpc) is 2.95. The van der Waals surface area contributed by atoms with Crippen molar-refractivity contribution in [1.82, 2.24) is 10.2 Å². The number of likely N-dealkylation sites (tertiary alicyclic amines) is 1. The van der Waals surface area contributed by atoms with Crippen LogP contribution in [0.25, 0.3) is 0 Å². The van der Waals surface area contributed by atoms with Crippen LogP contribution in [-0.2, 0) is 29.2 Å². The number of ketones is 1. The first kappa shape index (κ1) is 27.1. The summed E-state index contributed by atoms with van der Waals surface area (Å²) in [5.74, 6) is 0.214. The maximum atomic E-state index is 13.3. The Morgan fingerprint density at radius 3 is 2.34 bits per heavy atom. The molecule has 7 nitrogen and oxygen atoms in total. The van der Waals surface area contributed by atoms with Gasteiger partial charge in [-0.1, -0.05) is 36.4 Å². The van der Waals surface area contributed by atoms with E-state index in [-0.39, 0.29) is 41.4 Å². The molecule has 3 aromatic rings. The topological polar surface area (TPSA) is 84.9 Å². The summed E-state index contributed by atoms with van der Waals surface area (Å²) in [7, 11) is 0. The Morgan fingerprint density at radius 1 is 0.854 bits per heavy atom. The monoisotopic (exact) mass is 556 g/mol. The van der Waals surface area contributed by atoms with Crippen molar-refractivity contribution in [3.05, 3.63) is 94.8 Å². The number of halogens is 1. The molecule has 212 valence electrons. The van der Waals surface area contributed by atoms with E-state index in [4.69, 9.17) is 9.47 Å². The third-order valence-corrected chi connectivity index (χ3v) is 8.30. The quantitative estimate of drug-likeness (QED) is 0.379. The molecule has 3 aromatic carbocycles. The normalized spacial score (nSPS) is 21.1. The van der Waals surface area contributed by atoms with Gasteiger partial charge in [0.1, 0.15) is 30.0 Å². The predicted molar refractivity (Wildman–Crippen MR) is 150 cm³/mol. The predicted octanol–water partition coefficient (Wildman–Crippen LogP) is 4.86. The van der Waals surface area contributed by atoms with Crippen LogP contribution in [0, 0.1) is 17.7 Å². The Morgan fingerprint density at radius 2 is 1.59 bits per heavy atom. The highest BCUT2D eigenvalue weighted by atomic mass is 19.1. The first-order valence-corrected chi connectivity index (χ1v) is 14.3. The lowest BCUT2D eigenvalue weighted by Crippen LogP contribution is -2.53. The zero-order chi connectivity index (χ0) is 28.3. The van der Waals surface area contributed by atoms with Crippen molar-refractivity contribution in [2.24, 2.45) is 11.8 Å². The summed E-state index contributed by atoms with van der Waals surface area (Å²) < 4.78 is 25.1. The third kappa shape index (κ3) is 6.33. The zero-order valence-corrected chi connectivity index (χ0v) is 22.8. The van der Waals surface area contributed by atoms with Gasteiger partial charge in [0.15, 0.2) is 5.78 Å². The molecule has 0 spiro atoms. The number of nitrogens with zero attached hydrogens (tertiary/aromatic N) is 1. The summed E-state index contributed by atoms with van der Waals surface area (Å²) in [6.07, 6.45) is 2.83. The summed E-state index contributed by atoms with van der Waals surface area (Å²) >= 11 is 0. The van der Waals surface area contributed by atoms with Crippen molar-refractivity contribution >= 4 is 17.6 Å². The van der Waals surface area contributed by atoms with E-state index in [1.807, 2.05) is 18.2 Å². The van der Waals surface area contributed by atoms with Crippen LogP contribution >= 0.6 is 0 Å². The maximum absolute atomic E-state index is 13.3. The second-order valence-electron chi connectivity index (χ2n) is 11.3. The van der Waals surface area contributed by atoms with Crippen LogP contribution < -0.4 is 14.8 Å². The van der Waals surface area contributed by atoms with Gasteiger partial charge in [0.2, 0.25) is 11.8 Å². The Labute approximate surface area is 238 Å². The summed E-state index contributed by atoms with van der Waals surface area (Å²) in [5, 5.41) is 2.40. The van der Waals surface area contributed by atoms with Crippen molar-refractivity contribution in [2.75, 3.05) is 13.1 Å². The lowest BCUT2D eigenvalue weighted by Gasteiger charge is -2.39. The molecule has 2 unspecified atom stereocenters. The molecule has 2 heterocycles. The minimum absolute atomic E-state index is 0.0575. The van der Waals surface area contributed by atoms with Crippen LogP contribution in [0.3, 0.4) is 0 Å². The molecule has 8 heteroatoms. The number of carbonyl (C=O) groups excluding carboxylic acids is 3. The fourth-order valence-corrected chi connectivity index (χ4v) is 5.98. The summed E-state index contributed by atoms with van der Waals surface area (Å²) in [4.78, 5) is 39.3. The van der Waals surface area contributed by atoms with E-state index in [0.717, 1.165) is 42.9 Å². The molecule has 6 rings (SSSR count). The second kappa shape index (κ2) is 11.8. The number of imide groups is 1. The van der Waals surface area contributed by atoms with E-state index < -0.39 is 0 Å². The number of amides is 2. The minimum atomic E-state index is -0.289. The highest BCUT2D eigenvalue weighted by Crippen LogP contribution is 2.36. The van der Waals surface area contributed by atoms with E-state index in [9.17, 15) is 18.8 Å². The third-order valence-electron chi connectivity index (χ3n) is 8.30. The lowest BCUT2D eigenvalue weighted by molar-refractivity contribution is -0.136. The van der Waals surface area contributed by atoms with Crippen LogP contribution in [-0.4, -0.2) is 41.7 Å². The molecule has 41 heavy (non-hydrogen) atoms. The molecule has 3 aliphatic rings. The van der Waals surface area contributed by atoms with Gasteiger partial charge < -0.3 is 9.47 Å². The molecule has 1 aliphatic carbocycles. The van der Waals surface area contributed by atoms with E-state index >= 15 is 0 Å². The molecular formula is C33H33FN2O5. The van der Waals surface area contributed by atoms with Crippen LogP contribution in [0.15, 0.2) is 66.7 Å². The molecule has 2 fully saturated rings. The van der Waals surface area contributed by atoms with Gasteiger partial charge in [0.05, 0.1) is 0 Å². The number of nitrogens with one attached hydrogen (secondary N) is 1. The standard InChI is InChI=1S/C33H33FN2O5/c34-25-10-12-26(13-11-25)41-27-18-36(19-27)17-21-4-6-22(7-5-21)20-40-30-3-1-2-29-28(30)14-8-23(32(29)38)16-24-9-15-31(37)35-33(24)39/h1-7,10-13,23-24,27H,8-9,14-20H2,(H,35,37,39). The number of carbonyl (C=O) groups is 3. The van der Waals surface area contributed by atoms with Gasteiger partial charge in [-0.2, -0.15) is 0 Å². The smallest absolute Gasteiger partial charge is 0.229 e. The van der Waals surface area contributed by atoms with Crippen LogP contribution in [0.5, 0.6) is 11.5 Å². The first-order valence-electron chi connectivity index (χ1n) is 14.3. The number of hydrogen-bond acceptors (Lipinski definition) is 6. The Bertz CT molecular complexity index is 1430. The van der Waals surface area contributed by atoms with Gasteiger partial charge in [-0.3, -0.25) is 24.6 Å². The van der Waals surface area contributed by atoms with Gasteiger partial charge in [-0.15, -0.1) is 0 Å². The SMILES string of the molecule is O=C1CCC(CC2CCc3c(OCc4ccc(CN5CC(Oc6ccc(F)cc6)C5)cc4)cccc3C2=O)C(=O)N1. The maximum Gasteiger partial charge on any atom is 0.229 e. The molecule has 0 radical (unpaired) electrons. The highest BCUT2D eigenvalue weighted by Gasteiger charge is 2.35. The van der Waals surface area contributed by atoms with E-state index in [2.05, 4.69) is 34.5 Å². The van der Waals surface area contributed by atoms with Gasteiger partial charge >= 0.3 is 0 Å². The molecule has 0 aromatic heterocycles. The summed E-state index contributed by atoms with van der Waals surface area (Å²) in [6.45, 7) is 2.89. The van der Waals surface area contributed by atoms with Crippen molar-refractivity contribution in [3.8, 4) is 11.5 Å². The second-order valence-corrected chi connectivity index (χ2v) is 11.3. The van der Waals surface area contributed by atoms with Crippen molar-refractivity contribution in [2.45, 2.75) is 51.4 Å². The number of piperidine rings is 1. The van der Waals surface area contributed by atoms with Gasteiger partial charge in [-0.25, -0.2) is 4.39 Å². The lowest BCUT2D eigenvalue weighted by atomic mass is 9.76. The Hall–Kier alpha value is -4.04. The van der Waals surface area contributed by atoms with Gasteiger partial charge in [0.25, 0.3) is 0 Å². The molecule has 2 amide bonds. The zero-order valence-electron chi connectivity index (χ0n) is 22.8.